The van der Waals surface area contributed by atoms with Gasteiger partial charge in [0.2, 0.25) is 0 Å². The molecule has 1 aromatic rings. The maximum atomic E-state index is 11.9. The molecule has 0 aliphatic heterocycles. The van der Waals surface area contributed by atoms with E-state index >= 15 is 0 Å². The van der Waals surface area contributed by atoms with E-state index in [1.165, 1.54) is 24.3 Å². The Kier molecular flexibility index (Phi) is 4.67. The highest BCUT2D eigenvalue weighted by Crippen LogP contribution is 2.11. The van der Waals surface area contributed by atoms with E-state index in [0.717, 1.165) is 0 Å². The first-order valence-electron chi connectivity index (χ1n) is 5.29. The van der Waals surface area contributed by atoms with Crippen molar-refractivity contribution in [2.45, 2.75) is 11.8 Å². The minimum atomic E-state index is -3.91. The Bertz CT molecular complexity index is 627. The minimum absolute atomic E-state index is 0.0723. The van der Waals surface area contributed by atoms with Gasteiger partial charge in [-0.15, -0.1) is 0 Å². The van der Waals surface area contributed by atoms with E-state index in [0.29, 0.717) is 5.56 Å². The third kappa shape index (κ3) is 3.82. The number of nitrogens with zero attached hydrogens (tertiary/aromatic N) is 1. The van der Waals surface area contributed by atoms with Crippen LogP contribution in [0, 0.1) is 11.3 Å². The van der Waals surface area contributed by atoms with E-state index in [2.05, 4.69) is 11.3 Å². The Hall–Kier alpha value is -2.33. The first-order chi connectivity index (χ1) is 8.90. The smallest absolute Gasteiger partial charge is 0.354 e. The minimum Gasteiger partial charge on any atom is -0.461 e. The number of hydrogen-bond acceptors (Lipinski definition) is 5. The van der Waals surface area contributed by atoms with Gasteiger partial charge in [0.05, 0.1) is 23.1 Å². The van der Waals surface area contributed by atoms with Crippen molar-refractivity contribution in [1.29, 1.82) is 5.26 Å². The standard InChI is InChI=1S/C12H12N2O4S/c1-3-18-12(15)9(2)14-19(16,17)11-6-4-10(8-13)5-7-11/h4-7,14H,2-3H2,1H3. The molecule has 1 aromatic carbocycles. The number of nitriles is 1. The zero-order chi connectivity index (χ0) is 14.5. The van der Waals surface area contributed by atoms with Crippen molar-refractivity contribution in [2.24, 2.45) is 0 Å². The lowest BCUT2D eigenvalue weighted by atomic mass is 10.2. The largest absolute Gasteiger partial charge is 0.461 e. The highest BCUT2D eigenvalue weighted by molar-refractivity contribution is 7.89. The van der Waals surface area contributed by atoms with Crippen molar-refractivity contribution < 1.29 is 17.9 Å². The lowest BCUT2D eigenvalue weighted by Gasteiger charge is -2.09. The van der Waals surface area contributed by atoms with Gasteiger partial charge < -0.3 is 4.74 Å². The summed E-state index contributed by atoms with van der Waals surface area (Å²) in [6, 6.07) is 7.13. The molecule has 1 rings (SSSR count). The molecule has 0 atom stereocenters. The first kappa shape index (κ1) is 14.7. The molecule has 100 valence electrons. The predicted octanol–water partition coefficient (Wildman–Crippen LogP) is 0.913. The molecule has 0 aliphatic rings. The van der Waals surface area contributed by atoms with Crippen molar-refractivity contribution in [3.63, 3.8) is 0 Å². The van der Waals surface area contributed by atoms with Crippen molar-refractivity contribution >= 4 is 16.0 Å². The summed E-state index contributed by atoms with van der Waals surface area (Å²) in [7, 11) is -3.91. The van der Waals surface area contributed by atoms with Crippen LogP contribution in [0.1, 0.15) is 12.5 Å². The second-order valence-electron chi connectivity index (χ2n) is 3.44. The Morgan fingerprint density at radius 3 is 2.47 bits per heavy atom. The number of benzene rings is 1. The van der Waals surface area contributed by atoms with Crippen LogP contribution in [0.5, 0.6) is 0 Å². The Morgan fingerprint density at radius 2 is 2.00 bits per heavy atom. The monoisotopic (exact) mass is 280 g/mol. The van der Waals surface area contributed by atoms with Gasteiger partial charge in [0.25, 0.3) is 10.0 Å². The summed E-state index contributed by atoms with van der Waals surface area (Å²) in [6.45, 7) is 5.02. The second kappa shape index (κ2) is 6.02. The molecular weight excluding hydrogens is 268 g/mol. The molecule has 0 spiro atoms. The SMILES string of the molecule is C=C(NS(=O)(=O)c1ccc(C#N)cc1)C(=O)OCC. The number of esters is 1. The summed E-state index contributed by atoms with van der Waals surface area (Å²) < 4.78 is 30.4. The summed E-state index contributed by atoms with van der Waals surface area (Å²) >= 11 is 0. The average Bonchev–Trinajstić information content (AvgIpc) is 2.38. The molecule has 19 heavy (non-hydrogen) atoms. The Labute approximate surface area is 111 Å². The van der Waals surface area contributed by atoms with Crippen LogP contribution in [0.25, 0.3) is 0 Å². The van der Waals surface area contributed by atoms with Gasteiger partial charge in [-0.3, -0.25) is 4.72 Å². The highest BCUT2D eigenvalue weighted by Gasteiger charge is 2.18. The maximum absolute atomic E-state index is 11.9. The number of hydrogen-bond donors (Lipinski definition) is 1. The van der Waals surface area contributed by atoms with Crippen LogP contribution in [-0.4, -0.2) is 21.0 Å². The van der Waals surface area contributed by atoms with Crippen LogP contribution < -0.4 is 4.72 Å². The molecule has 0 amide bonds. The summed E-state index contributed by atoms with van der Waals surface area (Å²) in [5, 5.41) is 8.62. The zero-order valence-corrected chi connectivity index (χ0v) is 11.0. The fourth-order valence-corrected chi connectivity index (χ4v) is 2.21. The van der Waals surface area contributed by atoms with Crippen molar-refractivity contribution in [3.8, 4) is 6.07 Å². The zero-order valence-electron chi connectivity index (χ0n) is 10.2. The lowest BCUT2D eigenvalue weighted by Crippen LogP contribution is -2.28. The van der Waals surface area contributed by atoms with Crippen LogP contribution in [0.3, 0.4) is 0 Å². The van der Waals surface area contributed by atoms with E-state index in [1.54, 1.807) is 6.92 Å². The quantitative estimate of drug-likeness (QED) is 0.639. The molecular formula is C12H12N2O4S. The van der Waals surface area contributed by atoms with Crippen LogP contribution in [-0.2, 0) is 19.6 Å². The lowest BCUT2D eigenvalue weighted by molar-refractivity contribution is -0.138. The molecule has 1 N–H and O–H groups in total. The number of carbonyl (C=O) groups excluding carboxylic acids is 1. The molecule has 7 heteroatoms. The fraction of sp³-hybridized carbons (Fsp3) is 0.167. The molecule has 0 unspecified atom stereocenters. The molecule has 0 bridgehead atoms. The highest BCUT2D eigenvalue weighted by atomic mass is 32.2. The normalized spacial score (nSPS) is 10.3. The summed E-state index contributed by atoms with van der Waals surface area (Å²) in [4.78, 5) is 11.2. The topological polar surface area (TPSA) is 96.3 Å². The van der Waals surface area contributed by atoms with Crippen LogP contribution >= 0.6 is 0 Å². The fourth-order valence-electron chi connectivity index (χ4n) is 1.19. The number of nitrogens with one attached hydrogen (secondary N) is 1. The molecule has 0 fully saturated rings. The third-order valence-corrected chi connectivity index (χ3v) is 3.48. The van der Waals surface area contributed by atoms with Crippen LogP contribution in [0.2, 0.25) is 0 Å². The first-order valence-corrected chi connectivity index (χ1v) is 6.78. The van der Waals surface area contributed by atoms with Gasteiger partial charge in [-0.2, -0.15) is 5.26 Å². The average molecular weight is 280 g/mol. The second-order valence-corrected chi connectivity index (χ2v) is 5.12. The Balaban J connectivity index is 2.89. The van der Waals surface area contributed by atoms with E-state index < -0.39 is 16.0 Å². The summed E-state index contributed by atoms with van der Waals surface area (Å²) in [5.74, 6) is -0.834. The van der Waals surface area contributed by atoms with E-state index in [4.69, 9.17) is 5.26 Å². The van der Waals surface area contributed by atoms with Crippen molar-refractivity contribution in [2.75, 3.05) is 6.61 Å². The number of ether oxygens (including phenoxy) is 1. The molecule has 0 heterocycles. The molecule has 6 nitrogen and oxygen atoms in total. The number of sulfonamides is 1. The van der Waals surface area contributed by atoms with E-state index in [1.807, 2.05) is 10.8 Å². The van der Waals surface area contributed by atoms with Gasteiger partial charge in [0.1, 0.15) is 5.70 Å². The Morgan fingerprint density at radius 1 is 1.42 bits per heavy atom. The molecule has 0 radical (unpaired) electrons. The third-order valence-electron chi connectivity index (χ3n) is 2.07. The summed E-state index contributed by atoms with van der Waals surface area (Å²) in [5.41, 5.74) is -0.0330. The van der Waals surface area contributed by atoms with Crippen molar-refractivity contribution in [1.82, 2.24) is 4.72 Å². The van der Waals surface area contributed by atoms with E-state index in [-0.39, 0.29) is 17.2 Å². The molecule has 0 aromatic heterocycles. The van der Waals surface area contributed by atoms with Crippen LogP contribution in [0.15, 0.2) is 41.4 Å². The predicted molar refractivity (Wildman–Crippen MR) is 67.3 cm³/mol. The summed E-state index contributed by atoms with van der Waals surface area (Å²) in [6.07, 6.45) is 0. The van der Waals surface area contributed by atoms with E-state index in [9.17, 15) is 13.2 Å². The molecule has 0 aliphatic carbocycles. The van der Waals surface area contributed by atoms with Gasteiger partial charge in [-0.25, -0.2) is 13.2 Å². The van der Waals surface area contributed by atoms with Gasteiger partial charge in [0.15, 0.2) is 0 Å². The number of rotatable bonds is 5. The van der Waals surface area contributed by atoms with Gasteiger partial charge in [-0.1, -0.05) is 6.58 Å². The molecule has 0 saturated heterocycles. The van der Waals surface area contributed by atoms with Crippen LogP contribution in [0.4, 0.5) is 0 Å². The maximum Gasteiger partial charge on any atom is 0.354 e. The van der Waals surface area contributed by atoms with Gasteiger partial charge >= 0.3 is 5.97 Å². The van der Waals surface area contributed by atoms with Gasteiger partial charge in [0, 0.05) is 0 Å². The molecule has 0 saturated carbocycles. The number of carbonyl (C=O) groups is 1. The van der Waals surface area contributed by atoms with Gasteiger partial charge in [-0.05, 0) is 31.2 Å². The van der Waals surface area contributed by atoms with Crippen molar-refractivity contribution in [3.05, 3.63) is 42.1 Å².